The van der Waals surface area contributed by atoms with Crippen LogP contribution in [0.4, 0.5) is 23.8 Å². The molecule has 2 aromatic heterocycles. The smallest absolute Gasteiger partial charge is 0.310 e. The number of aromatic nitrogens is 3. The van der Waals surface area contributed by atoms with E-state index in [-0.39, 0.29) is 48.5 Å². The largest absolute Gasteiger partial charge is 0.355 e. The van der Waals surface area contributed by atoms with Crippen LogP contribution in [-0.4, -0.2) is 51.3 Å². The van der Waals surface area contributed by atoms with Crippen LogP contribution in [0.3, 0.4) is 0 Å². The van der Waals surface area contributed by atoms with Gasteiger partial charge in [-0.05, 0) is 49.4 Å². The minimum absolute atomic E-state index is 0.0333. The van der Waals surface area contributed by atoms with E-state index in [1.807, 2.05) is 0 Å². The number of piperidine rings is 2. The molecule has 0 saturated carbocycles. The summed E-state index contributed by atoms with van der Waals surface area (Å²) in [7, 11) is -9.82. The van der Waals surface area contributed by atoms with E-state index < -0.39 is 26.8 Å². The van der Waals surface area contributed by atoms with Crippen molar-refractivity contribution in [2.45, 2.75) is 42.4 Å². The molecular weight excluding hydrogens is 524 g/mol. The summed E-state index contributed by atoms with van der Waals surface area (Å²) in [6.07, 6.45) is 2.82. The van der Waals surface area contributed by atoms with Crippen molar-refractivity contribution < 1.29 is 33.4 Å². The topological polar surface area (TPSA) is 91.0 Å². The Morgan fingerprint density at radius 1 is 1.00 bits per heavy atom. The standard InChI is InChI=1S/C23H23F6N5O2S/c24-17-12-31-22-20(32-21(33-22)15-3-6-18(35)30-11-15)19(17)13-7-9-34(10-8-13)23(36)14-1-4-16(5-2-14)37(25,26,27,28)29/h1-2,4-5,12-13,15H,3,6-11H2,(H,30,35)(H,31,32,33). The fourth-order valence-corrected chi connectivity index (χ4v) is 5.59. The van der Waals surface area contributed by atoms with Crippen LogP contribution in [0.25, 0.3) is 11.2 Å². The van der Waals surface area contributed by atoms with Crippen LogP contribution in [-0.2, 0) is 4.79 Å². The summed E-state index contributed by atoms with van der Waals surface area (Å²) in [4.78, 5) is 35.3. The van der Waals surface area contributed by atoms with Crippen molar-refractivity contribution >= 4 is 33.2 Å². The van der Waals surface area contributed by atoms with Crippen LogP contribution in [0.2, 0.25) is 0 Å². The minimum Gasteiger partial charge on any atom is -0.355 e. The molecule has 0 aliphatic carbocycles. The third-order valence-electron chi connectivity index (χ3n) is 6.92. The van der Waals surface area contributed by atoms with Crippen molar-refractivity contribution in [3.8, 4) is 0 Å². The van der Waals surface area contributed by atoms with E-state index in [0.717, 1.165) is 18.3 Å². The number of likely N-dealkylation sites (tertiary alicyclic amines) is 1. The fourth-order valence-electron chi connectivity index (χ4n) is 4.94. The van der Waals surface area contributed by atoms with Crippen LogP contribution >= 0.6 is 10.2 Å². The number of aromatic amines is 1. The molecule has 3 aromatic rings. The second kappa shape index (κ2) is 8.10. The highest BCUT2D eigenvalue weighted by molar-refractivity contribution is 8.45. The van der Waals surface area contributed by atoms with Crippen LogP contribution in [0.15, 0.2) is 35.4 Å². The van der Waals surface area contributed by atoms with Crippen LogP contribution < -0.4 is 5.32 Å². The van der Waals surface area contributed by atoms with Crippen molar-refractivity contribution in [3.05, 3.63) is 53.2 Å². The Balaban J connectivity index is 1.31. The van der Waals surface area contributed by atoms with E-state index >= 15 is 0 Å². The Morgan fingerprint density at radius 2 is 1.68 bits per heavy atom. The first-order chi connectivity index (χ1) is 17.2. The highest BCUT2D eigenvalue weighted by atomic mass is 32.5. The Kier molecular flexibility index (Phi) is 5.55. The molecule has 2 N–H and O–H groups in total. The molecule has 0 spiro atoms. The summed E-state index contributed by atoms with van der Waals surface area (Å²) in [6, 6.07) is 1.93. The Labute approximate surface area is 207 Å². The highest BCUT2D eigenvalue weighted by Crippen LogP contribution is 3.02. The fraction of sp³-hybridized carbons (Fsp3) is 0.391. The van der Waals surface area contributed by atoms with Gasteiger partial charge in [0.2, 0.25) is 5.91 Å². The number of halogens is 6. The van der Waals surface area contributed by atoms with Crippen molar-refractivity contribution in [1.29, 1.82) is 0 Å². The lowest BCUT2D eigenvalue weighted by Crippen LogP contribution is -2.38. The summed E-state index contributed by atoms with van der Waals surface area (Å²) in [5.41, 5.74) is 1.07. The quantitative estimate of drug-likeness (QED) is 0.406. The number of carbonyl (C=O) groups excluding carboxylic acids is 2. The predicted molar refractivity (Wildman–Crippen MR) is 125 cm³/mol. The van der Waals surface area contributed by atoms with E-state index in [9.17, 15) is 33.4 Å². The maximum atomic E-state index is 14.9. The van der Waals surface area contributed by atoms with Gasteiger partial charge in [0.05, 0.1) is 11.7 Å². The molecule has 2 aliphatic heterocycles. The Bertz CT molecular complexity index is 1380. The van der Waals surface area contributed by atoms with Gasteiger partial charge in [-0.3, -0.25) is 9.59 Å². The van der Waals surface area contributed by atoms with Crippen molar-refractivity contribution in [2.75, 3.05) is 19.6 Å². The van der Waals surface area contributed by atoms with Crippen LogP contribution in [0.5, 0.6) is 0 Å². The van der Waals surface area contributed by atoms with Crippen LogP contribution in [0.1, 0.15) is 59.3 Å². The first-order valence-electron chi connectivity index (χ1n) is 11.6. The van der Waals surface area contributed by atoms with Gasteiger partial charge in [-0.15, -0.1) is 0 Å². The minimum atomic E-state index is -9.82. The van der Waals surface area contributed by atoms with Gasteiger partial charge in [0, 0.05) is 43.1 Å². The molecule has 2 amide bonds. The lowest BCUT2D eigenvalue weighted by molar-refractivity contribution is -0.122. The molecule has 5 rings (SSSR count). The predicted octanol–water partition coefficient (Wildman–Crippen LogP) is 5.77. The monoisotopic (exact) mass is 547 g/mol. The van der Waals surface area contributed by atoms with Gasteiger partial charge in [0.25, 0.3) is 5.91 Å². The molecule has 0 bridgehead atoms. The van der Waals surface area contributed by atoms with Crippen molar-refractivity contribution in [2.24, 2.45) is 0 Å². The molecular formula is C23H23F6N5O2S. The number of fused-ring (bicyclic) bond motifs is 1. The number of nitrogens with zero attached hydrogens (tertiary/aromatic N) is 3. The molecule has 1 atom stereocenters. The molecule has 7 nitrogen and oxygen atoms in total. The third-order valence-corrected chi connectivity index (χ3v) is 8.08. The van der Waals surface area contributed by atoms with E-state index in [0.29, 0.717) is 54.8 Å². The molecule has 4 heterocycles. The maximum Gasteiger partial charge on any atom is 0.310 e. The van der Waals surface area contributed by atoms with Gasteiger partial charge in [-0.1, -0.05) is 19.4 Å². The number of H-pyrrole nitrogens is 1. The number of rotatable bonds is 4. The van der Waals surface area contributed by atoms with E-state index in [1.54, 1.807) is 0 Å². The zero-order valence-corrected chi connectivity index (χ0v) is 20.1. The van der Waals surface area contributed by atoms with Crippen LogP contribution in [0, 0.1) is 5.82 Å². The van der Waals surface area contributed by atoms with Gasteiger partial charge < -0.3 is 15.2 Å². The number of benzene rings is 1. The van der Waals surface area contributed by atoms with Gasteiger partial charge in [0.15, 0.2) is 5.65 Å². The molecule has 37 heavy (non-hydrogen) atoms. The highest BCUT2D eigenvalue weighted by Gasteiger charge is 2.65. The average molecular weight is 548 g/mol. The normalized spacial score (nSPS) is 21.4. The molecule has 200 valence electrons. The summed E-state index contributed by atoms with van der Waals surface area (Å²) in [5.74, 6) is -0.852. The van der Waals surface area contributed by atoms with E-state index in [1.165, 1.54) is 4.90 Å². The molecule has 1 aromatic carbocycles. The number of pyridine rings is 1. The number of hydrogen-bond donors (Lipinski definition) is 2. The third kappa shape index (κ3) is 5.11. The lowest BCUT2D eigenvalue weighted by Gasteiger charge is -2.40. The van der Waals surface area contributed by atoms with E-state index in [4.69, 9.17) is 0 Å². The Hall–Kier alpha value is -3.29. The number of nitrogens with one attached hydrogen (secondary N) is 2. The Morgan fingerprint density at radius 3 is 2.27 bits per heavy atom. The average Bonchev–Trinajstić information content (AvgIpc) is 3.27. The molecule has 0 radical (unpaired) electrons. The summed E-state index contributed by atoms with van der Waals surface area (Å²) >= 11 is 0. The first-order valence-corrected chi connectivity index (χ1v) is 13.6. The molecule has 2 aliphatic rings. The van der Waals surface area contributed by atoms with Crippen molar-refractivity contribution in [1.82, 2.24) is 25.2 Å². The number of carbonyl (C=O) groups is 2. The SMILES string of the molecule is O=C1CCC(c2nc3ncc(F)c(C4CCN(C(=O)c5ccc(S(F)(F)(F)(F)F)cc5)CC4)c3[nH]2)CN1. The molecule has 1 unspecified atom stereocenters. The van der Waals surface area contributed by atoms with Gasteiger partial charge in [0.1, 0.15) is 16.5 Å². The second-order valence-corrected chi connectivity index (χ2v) is 11.8. The zero-order valence-electron chi connectivity index (χ0n) is 19.3. The molecule has 2 saturated heterocycles. The maximum absolute atomic E-state index is 14.9. The first kappa shape index (κ1) is 25.4. The molecule has 14 heteroatoms. The summed E-state index contributed by atoms with van der Waals surface area (Å²) in [5, 5.41) is 2.79. The summed E-state index contributed by atoms with van der Waals surface area (Å²) in [6.45, 7) is 0.817. The number of imidazole rings is 1. The number of hydrogen-bond acceptors (Lipinski definition) is 4. The number of amides is 2. The van der Waals surface area contributed by atoms with Gasteiger partial charge in [-0.25, -0.2) is 14.4 Å². The van der Waals surface area contributed by atoms with Gasteiger partial charge >= 0.3 is 10.2 Å². The van der Waals surface area contributed by atoms with Gasteiger partial charge in [-0.2, -0.15) is 0 Å². The lowest BCUT2D eigenvalue weighted by atomic mass is 9.88. The zero-order chi connectivity index (χ0) is 26.7. The van der Waals surface area contributed by atoms with E-state index in [2.05, 4.69) is 20.3 Å². The molecule has 2 fully saturated rings. The summed E-state index contributed by atoms with van der Waals surface area (Å²) < 4.78 is 79.7. The van der Waals surface area contributed by atoms with Crippen molar-refractivity contribution in [3.63, 3.8) is 0 Å². The second-order valence-electron chi connectivity index (χ2n) is 9.44.